The van der Waals surface area contributed by atoms with E-state index in [9.17, 15) is 10.1 Å². The molecule has 0 unspecified atom stereocenters. The van der Waals surface area contributed by atoms with Crippen LogP contribution < -0.4 is 0 Å². The Morgan fingerprint density at radius 3 is 2.14 bits per heavy atom. The lowest BCUT2D eigenvalue weighted by molar-refractivity contribution is -0.384. The van der Waals surface area contributed by atoms with Crippen LogP contribution >= 0.6 is 0 Å². The van der Waals surface area contributed by atoms with E-state index in [0.717, 1.165) is 11.1 Å². The standard InChI is InChI=1S/C11H8NO2/c13-12(14)11-7-5-10(6-8-11)9-3-1-2-4-9/h1-8H/q-1. The summed E-state index contributed by atoms with van der Waals surface area (Å²) in [6.07, 6.45) is 0. The van der Waals surface area contributed by atoms with E-state index in [4.69, 9.17) is 0 Å². The fourth-order valence-corrected chi connectivity index (χ4v) is 1.34. The summed E-state index contributed by atoms with van der Waals surface area (Å²) in [5.74, 6) is 0. The summed E-state index contributed by atoms with van der Waals surface area (Å²) in [6.45, 7) is 0. The van der Waals surface area contributed by atoms with E-state index in [1.165, 1.54) is 12.1 Å². The van der Waals surface area contributed by atoms with E-state index >= 15 is 0 Å². The van der Waals surface area contributed by atoms with E-state index in [1.807, 2.05) is 24.3 Å². The molecule has 0 spiro atoms. The average Bonchev–Trinajstić information content (AvgIpc) is 2.71. The molecule has 0 aliphatic heterocycles. The zero-order valence-electron chi connectivity index (χ0n) is 7.38. The van der Waals surface area contributed by atoms with Gasteiger partial charge in [0.25, 0.3) is 5.69 Å². The molecule has 0 N–H and O–H groups in total. The molecule has 3 heteroatoms. The van der Waals surface area contributed by atoms with E-state index in [0.29, 0.717) is 0 Å². The van der Waals surface area contributed by atoms with Gasteiger partial charge in [-0.3, -0.25) is 10.1 Å². The van der Waals surface area contributed by atoms with E-state index in [1.54, 1.807) is 12.1 Å². The van der Waals surface area contributed by atoms with Gasteiger partial charge in [0, 0.05) is 0 Å². The third-order valence-electron chi connectivity index (χ3n) is 2.07. The molecule has 3 nitrogen and oxygen atoms in total. The molecule has 0 aromatic heterocycles. The number of benzene rings is 1. The first-order chi connectivity index (χ1) is 6.77. The normalized spacial score (nSPS) is 10.0. The van der Waals surface area contributed by atoms with Crippen molar-refractivity contribution in [1.82, 2.24) is 0 Å². The number of rotatable bonds is 2. The van der Waals surface area contributed by atoms with Gasteiger partial charge in [0.1, 0.15) is 0 Å². The highest BCUT2D eigenvalue weighted by Crippen LogP contribution is 2.22. The molecule has 2 aromatic rings. The van der Waals surface area contributed by atoms with Crippen molar-refractivity contribution in [3.8, 4) is 11.1 Å². The van der Waals surface area contributed by atoms with Crippen molar-refractivity contribution in [2.75, 3.05) is 0 Å². The number of hydrogen-bond donors (Lipinski definition) is 0. The summed E-state index contributed by atoms with van der Waals surface area (Å²) < 4.78 is 0. The van der Waals surface area contributed by atoms with E-state index in [-0.39, 0.29) is 5.69 Å². The summed E-state index contributed by atoms with van der Waals surface area (Å²) in [5, 5.41) is 10.4. The Kier molecular flexibility index (Phi) is 2.07. The molecule has 2 rings (SSSR count). The van der Waals surface area contributed by atoms with Crippen LogP contribution in [0.5, 0.6) is 0 Å². The van der Waals surface area contributed by atoms with Crippen molar-refractivity contribution in [1.29, 1.82) is 0 Å². The highest BCUT2D eigenvalue weighted by molar-refractivity contribution is 5.65. The van der Waals surface area contributed by atoms with Gasteiger partial charge in [-0.25, -0.2) is 0 Å². The van der Waals surface area contributed by atoms with Crippen LogP contribution in [0.3, 0.4) is 0 Å². The molecule has 0 bridgehead atoms. The van der Waals surface area contributed by atoms with Gasteiger partial charge >= 0.3 is 0 Å². The SMILES string of the molecule is O=[N+]([O-])c1ccc(-[c-]2cccc2)cc1. The molecule has 0 saturated carbocycles. The molecule has 0 atom stereocenters. The maximum absolute atomic E-state index is 10.4. The minimum atomic E-state index is -0.394. The van der Waals surface area contributed by atoms with Crippen molar-refractivity contribution >= 4 is 5.69 Å². The van der Waals surface area contributed by atoms with Gasteiger partial charge in [0.05, 0.1) is 4.92 Å². The Morgan fingerprint density at radius 2 is 1.64 bits per heavy atom. The van der Waals surface area contributed by atoms with Crippen molar-refractivity contribution in [3.05, 3.63) is 58.6 Å². The fourth-order valence-electron chi connectivity index (χ4n) is 1.34. The Labute approximate surface area is 81.1 Å². The Hall–Kier alpha value is -2.03. The Morgan fingerprint density at radius 1 is 1.07 bits per heavy atom. The molecular weight excluding hydrogens is 178 g/mol. The summed E-state index contributed by atoms with van der Waals surface area (Å²) in [5.41, 5.74) is 2.21. The van der Waals surface area contributed by atoms with Gasteiger partial charge in [-0.1, -0.05) is 5.56 Å². The predicted molar refractivity (Wildman–Crippen MR) is 54.1 cm³/mol. The number of non-ortho nitro benzene ring substituents is 1. The minimum absolute atomic E-state index is 0.125. The monoisotopic (exact) mass is 186 g/mol. The van der Waals surface area contributed by atoms with Crippen molar-refractivity contribution in [2.45, 2.75) is 0 Å². The van der Waals surface area contributed by atoms with Gasteiger partial charge in [-0.05, 0) is 12.1 Å². The summed E-state index contributed by atoms with van der Waals surface area (Å²) in [6, 6.07) is 14.4. The summed E-state index contributed by atoms with van der Waals surface area (Å²) >= 11 is 0. The molecule has 0 aliphatic rings. The largest absolute Gasteiger partial charge is 0.258 e. The van der Waals surface area contributed by atoms with Gasteiger partial charge < -0.3 is 0 Å². The van der Waals surface area contributed by atoms with Gasteiger partial charge in [-0.15, -0.1) is 29.8 Å². The average molecular weight is 186 g/mol. The second-order valence-corrected chi connectivity index (χ2v) is 2.98. The van der Waals surface area contributed by atoms with Crippen LogP contribution in [0.2, 0.25) is 0 Å². The predicted octanol–water partition coefficient (Wildman–Crippen LogP) is 2.98. The first-order valence-corrected chi connectivity index (χ1v) is 4.24. The third-order valence-corrected chi connectivity index (χ3v) is 2.07. The maximum Gasteiger partial charge on any atom is 0.254 e. The fraction of sp³-hybridized carbons (Fsp3) is 0. The zero-order valence-corrected chi connectivity index (χ0v) is 7.38. The highest BCUT2D eigenvalue weighted by atomic mass is 16.6. The molecular formula is C11H8NO2-. The second kappa shape index (κ2) is 3.38. The summed E-state index contributed by atoms with van der Waals surface area (Å²) in [7, 11) is 0. The molecule has 0 saturated heterocycles. The zero-order chi connectivity index (χ0) is 9.97. The lowest BCUT2D eigenvalue weighted by Crippen LogP contribution is -1.86. The first kappa shape index (κ1) is 8.56. The first-order valence-electron chi connectivity index (χ1n) is 4.24. The maximum atomic E-state index is 10.4. The van der Waals surface area contributed by atoms with Crippen molar-refractivity contribution in [3.63, 3.8) is 0 Å². The molecule has 0 amide bonds. The summed E-state index contributed by atoms with van der Waals surface area (Å²) in [4.78, 5) is 10.0. The Balaban J connectivity index is 2.36. The molecule has 0 aliphatic carbocycles. The molecule has 2 aromatic carbocycles. The molecule has 14 heavy (non-hydrogen) atoms. The second-order valence-electron chi connectivity index (χ2n) is 2.98. The van der Waals surface area contributed by atoms with Gasteiger partial charge in [0.2, 0.25) is 0 Å². The molecule has 0 heterocycles. The van der Waals surface area contributed by atoms with Crippen LogP contribution in [-0.4, -0.2) is 4.92 Å². The lowest BCUT2D eigenvalue weighted by atomic mass is 10.1. The quantitative estimate of drug-likeness (QED) is 0.411. The number of nitro groups is 1. The highest BCUT2D eigenvalue weighted by Gasteiger charge is 2.00. The van der Waals surface area contributed by atoms with Crippen LogP contribution in [0, 0.1) is 10.1 Å². The molecule has 0 radical (unpaired) electrons. The lowest BCUT2D eigenvalue weighted by Gasteiger charge is -2.03. The van der Waals surface area contributed by atoms with E-state index in [2.05, 4.69) is 0 Å². The molecule has 0 fully saturated rings. The number of nitrogens with zero attached hydrogens (tertiary/aromatic N) is 1. The van der Waals surface area contributed by atoms with Crippen LogP contribution in [0.4, 0.5) is 5.69 Å². The topological polar surface area (TPSA) is 43.1 Å². The minimum Gasteiger partial charge on any atom is -0.258 e. The van der Waals surface area contributed by atoms with Gasteiger partial charge in [-0.2, -0.15) is 12.1 Å². The molecule has 70 valence electrons. The van der Waals surface area contributed by atoms with Crippen LogP contribution in [0.25, 0.3) is 11.1 Å². The smallest absolute Gasteiger partial charge is 0.254 e. The Bertz CT molecular complexity index is 429. The van der Waals surface area contributed by atoms with Crippen LogP contribution in [-0.2, 0) is 0 Å². The van der Waals surface area contributed by atoms with Crippen molar-refractivity contribution < 1.29 is 4.92 Å². The van der Waals surface area contributed by atoms with Crippen LogP contribution in [0.1, 0.15) is 0 Å². The number of nitro benzene ring substituents is 1. The van der Waals surface area contributed by atoms with Crippen molar-refractivity contribution in [2.24, 2.45) is 0 Å². The number of hydrogen-bond acceptors (Lipinski definition) is 2. The van der Waals surface area contributed by atoms with Crippen LogP contribution in [0.15, 0.2) is 48.5 Å². The third kappa shape index (κ3) is 1.52. The van der Waals surface area contributed by atoms with Gasteiger partial charge in [0.15, 0.2) is 0 Å². The van der Waals surface area contributed by atoms with E-state index < -0.39 is 4.92 Å².